The number of sulfonamides is 1. The molecule has 1 atom stereocenters. The molecule has 4 aromatic rings. The van der Waals surface area contributed by atoms with Gasteiger partial charge >= 0.3 is 0 Å². The zero-order valence-electron chi connectivity index (χ0n) is 17.6. The summed E-state index contributed by atoms with van der Waals surface area (Å²) in [7, 11) is -2.08. The first-order valence-corrected chi connectivity index (χ1v) is 12.4. The quantitative estimate of drug-likeness (QED) is 0.400. The van der Waals surface area contributed by atoms with Crippen LogP contribution in [0.5, 0.6) is 0 Å². The fraction of sp³-hybridized carbons (Fsp3) is 0.130. The number of hydrogen-bond acceptors (Lipinski definition) is 5. The lowest BCUT2D eigenvalue weighted by atomic mass is 10.0. The highest BCUT2D eigenvalue weighted by atomic mass is 32.2. The van der Waals surface area contributed by atoms with Gasteiger partial charge in [-0.15, -0.1) is 11.3 Å². The molecule has 0 aliphatic carbocycles. The number of imidazole rings is 1. The van der Waals surface area contributed by atoms with E-state index in [-0.39, 0.29) is 22.6 Å². The molecule has 1 unspecified atom stereocenters. The number of rotatable bonds is 8. The highest BCUT2D eigenvalue weighted by Crippen LogP contribution is 2.24. The van der Waals surface area contributed by atoms with Crippen molar-refractivity contribution in [2.75, 3.05) is 0 Å². The Balaban J connectivity index is 1.59. The number of nitrogens with one attached hydrogen (secondary N) is 2. The maximum Gasteiger partial charge on any atom is 0.252 e. The number of aromatic nitrogens is 2. The van der Waals surface area contributed by atoms with Crippen LogP contribution >= 0.6 is 11.3 Å². The van der Waals surface area contributed by atoms with Crippen molar-refractivity contribution in [3.05, 3.63) is 106 Å². The lowest BCUT2D eigenvalue weighted by Gasteiger charge is -2.20. The molecule has 2 N–H and O–H groups in total. The van der Waals surface area contributed by atoms with Crippen molar-refractivity contribution in [3.8, 4) is 0 Å². The number of thiophene rings is 1. The van der Waals surface area contributed by atoms with Crippen LogP contribution in [-0.4, -0.2) is 23.9 Å². The van der Waals surface area contributed by atoms with Crippen molar-refractivity contribution in [2.45, 2.75) is 17.5 Å². The van der Waals surface area contributed by atoms with Crippen LogP contribution in [0.3, 0.4) is 0 Å². The van der Waals surface area contributed by atoms with Crippen LogP contribution in [-0.2, 0) is 23.6 Å². The number of benzene rings is 2. The zero-order chi connectivity index (χ0) is 23.4. The molecular formula is C23H21FN4O3S2. The second kappa shape index (κ2) is 9.65. The molecule has 10 heteroatoms. The molecule has 0 radical (unpaired) electrons. The van der Waals surface area contributed by atoms with Gasteiger partial charge in [0.25, 0.3) is 5.91 Å². The minimum absolute atomic E-state index is 0.0360. The van der Waals surface area contributed by atoms with Crippen molar-refractivity contribution < 1.29 is 17.6 Å². The van der Waals surface area contributed by atoms with E-state index in [1.165, 1.54) is 41.7 Å². The van der Waals surface area contributed by atoms with Gasteiger partial charge in [-0.1, -0.05) is 30.3 Å². The van der Waals surface area contributed by atoms with Crippen LogP contribution in [0.4, 0.5) is 4.39 Å². The van der Waals surface area contributed by atoms with E-state index in [1.54, 1.807) is 42.2 Å². The van der Waals surface area contributed by atoms with Gasteiger partial charge in [0, 0.05) is 42.0 Å². The summed E-state index contributed by atoms with van der Waals surface area (Å²) >= 11 is 1.44. The van der Waals surface area contributed by atoms with Crippen LogP contribution in [0, 0.1) is 5.82 Å². The molecule has 0 bridgehead atoms. The molecule has 170 valence electrons. The Morgan fingerprint density at radius 1 is 1.15 bits per heavy atom. The van der Waals surface area contributed by atoms with Gasteiger partial charge < -0.3 is 9.88 Å². The van der Waals surface area contributed by atoms with Gasteiger partial charge in [-0.2, -0.15) is 0 Å². The Hall–Kier alpha value is -3.34. The zero-order valence-corrected chi connectivity index (χ0v) is 19.2. The van der Waals surface area contributed by atoms with E-state index in [2.05, 4.69) is 15.0 Å². The van der Waals surface area contributed by atoms with Crippen molar-refractivity contribution in [1.82, 2.24) is 19.6 Å². The van der Waals surface area contributed by atoms with E-state index in [4.69, 9.17) is 0 Å². The summed E-state index contributed by atoms with van der Waals surface area (Å²) in [5, 5.41) is 4.65. The number of aryl methyl sites for hydroxylation is 1. The maximum absolute atomic E-state index is 14.6. The SMILES string of the molecule is Cn1ccnc1C(NC(=O)c1cccc(S(=O)(=O)NCc2cccs2)c1)c1ccccc1F. The molecule has 0 fully saturated rings. The average molecular weight is 485 g/mol. The predicted octanol–water partition coefficient (Wildman–Crippen LogP) is 3.62. The second-order valence-corrected chi connectivity index (χ2v) is 10.1. The Morgan fingerprint density at radius 3 is 2.67 bits per heavy atom. The van der Waals surface area contributed by atoms with Gasteiger partial charge in [0.1, 0.15) is 17.7 Å². The van der Waals surface area contributed by atoms with Crippen LogP contribution in [0.15, 0.2) is 83.3 Å². The van der Waals surface area contributed by atoms with Crippen molar-refractivity contribution in [2.24, 2.45) is 7.05 Å². The van der Waals surface area contributed by atoms with Gasteiger partial charge in [0.2, 0.25) is 10.0 Å². The normalized spacial score (nSPS) is 12.4. The molecule has 0 aliphatic heterocycles. The Morgan fingerprint density at radius 2 is 1.97 bits per heavy atom. The molecule has 0 spiro atoms. The molecule has 0 aliphatic rings. The Kier molecular flexibility index (Phi) is 6.68. The van der Waals surface area contributed by atoms with Crippen molar-refractivity contribution in [3.63, 3.8) is 0 Å². The fourth-order valence-electron chi connectivity index (χ4n) is 3.33. The lowest BCUT2D eigenvalue weighted by Crippen LogP contribution is -2.32. The molecular weight excluding hydrogens is 463 g/mol. The highest BCUT2D eigenvalue weighted by Gasteiger charge is 2.25. The molecule has 4 rings (SSSR count). The predicted molar refractivity (Wildman–Crippen MR) is 124 cm³/mol. The van der Waals surface area contributed by atoms with Crippen LogP contribution in [0.25, 0.3) is 0 Å². The monoisotopic (exact) mass is 484 g/mol. The topological polar surface area (TPSA) is 93.1 Å². The molecule has 2 heterocycles. The summed E-state index contributed by atoms with van der Waals surface area (Å²) in [6, 6.07) is 14.6. The Labute approximate surface area is 195 Å². The number of carbonyl (C=O) groups excluding carboxylic acids is 1. The van der Waals surface area contributed by atoms with E-state index in [0.29, 0.717) is 5.82 Å². The van der Waals surface area contributed by atoms with Gasteiger partial charge in [-0.05, 0) is 35.7 Å². The third-order valence-corrected chi connectivity index (χ3v) is 7.31. The van der Waals surface area contributed by atoms with Crippen LogP contribution < -0.4 is 10.0 Å². The molecule has 7 nitrogen and oxygen atoms in total. The summed E-state index contributed by atoms with van der Waals surface area (Å²) in [6.45, 7) is 0.158. The first-order chi connectivity index (χ1) is 15.8. The van der Waals surface area contributed by atoms with Gasteiger partial charge in [-0.25, -0.2) is 22.5 Å². The van der Waals surface area contributed by atoms with E-state index in [9.17, 15) is 17.6 Å². The van der Waals surface area contributed by atoms with E-state index >= 15 is 0 Å². The second-order valence-electron chi connectivity index (χ2n) is 7.26. The smallest absolute Gasteiger partial charge is 0.252 e. The average Bonchev–Trinajstić information content (AvgIpc) is 3.48. The summed E-state index contributed by atoms with van der Waals surface area (Å²) in [6.07, 6.45) is 3.25. The van der Waals surface area contributed by atoms with Crippen molar-refractivity contribution >= 4 is 27.3 Å². The highest BCUT2D eigenvalue weighted by molar-refractivity contribution is 7.89. The number of halogens is 1. The number of nitrogens with zero attached hydrogens (tertiary/aromatic N) is 2. The first-order valence-electron chi connectivity index (χ1n) is 10.00. The van der Waals surface area contributed by atoms with Crippen LogP contribution in [0.2, 0.25) is 0 Å². The van der Waals surface area contributed by atoms with Gasteiger partial charge in [-0.3, -0.25) is 4.79 Å². The van der Waals surface area contributed by atoms with E-state index in [0.717, 1.165) is 4.88 Å². The third kappa shape index (κ3) is 5.19. The molecule has 0 saturated carbocycles. The summed E-state index contributed by atoms with van der Waals surface area (Å²) in [4.78, 5) is 18.2. The maximum atomic E-state index is 14.6. The molecule has 33 heavy (non-hydrogen) atoms. The van der Waals surface area contributed by atoms with Gasteiger partial charge in [0.15, 0.2) is 0 Å². The molecule has 2 aromatic carbocycles. The van der Waals surface area contributed by atoms with Crippen molar-refractivity contribution in [1.29, 1.82) is 0 Å². The minimum Gasteiger partial charge on any atom is -0.338 e. The summed E-state index contributed by atoms with van der Waals surface area (Å²) < 4.78 is 44.2. The molecule has 0 saturated heterocycles. The standard InChI is InChI=1S/C23H21FN4O3S2/c1-28-12-11-25-22(28)21(19-9-2-3-10-20(19)24)27-23(29)16-6-4-8-18(14-16)33(30,31)26-15-17-7-5-13-32-17/h2-14,21,26H,15H2,1H3,(H,27,29). The lowest BCUT2D eigenvalue weighted by molar-refractivity contribution is 0.0940. The fourth-order valence-corrected chi connectivity index (χ4v) is 5.12. The van der Waals surface area contributed by atoms with E-state index in [1.807, 2.05) is 17.5 Å². The van der Waals surface area contributed by atoms with E-state index < -0.39 is 27.8 Å². The number of carbonyl (C=O) groups is 1. The minimum atomic E-state index is -3.83. The number of hydrogen-bond donors (Lipinski definition) is 2. The van der Waals surface area contributed by atoms with Gasteiger partial charge in [0.05, 0.1) is 4.90 Å². The Bertz CT molecular complexity index is 1370. The van der Waals surface area contributed by atoms with Crippen LogP contribution in [0.1, 0.15) is 32.7 Å². The first kappa shape index (κ1) is 22.8. The number of amides is 1. The molecule has 1 amide bonds. The summed E-state index contributed by atoms with van der Waals surface area (Å²) in [5.41, 5.74) is 0.381. The molecule has 2 aromatic heterocycles. The third-order valence-electron chi connectivity index (χ3n) is 5.03. The largest absolute Gasteiger partial charge is 0.338 e. The summed E-state index contributed by atoms with van der Waals surface area (Å²) in [5.74, 6) is -0.601.